The predicted molar refractivity (Wildman–Crippen MR) is 138 cm³/mol. The fraction of sp³-hybridized carbons (Fsp3) is 0.0741. The van der Waals surface area contributed by atoms with Crippen LogP contribution in [0.5, 0.6) is 0 Å². The van der Waals surface area contributed by atoms with Crippen molar-refractivity contribution < 1.29 is 4.79 Å². The highest BCUT2D eigenvalue weighted by molar-refractivity contribution is 7.99. The second-order valence-electron chi connectivity index (χ2n) is 7.82. The molecule has 0 radical (unpaired) electrons. The van der Waals surface area contributed by atoms with Crippen molar-refractivity contribution >= 4 is 23.4 Å². The minimum Gasteiger partial charge on any atom is -0.325 e. The largest absolute Gasteiger partial charge is 0.325 e. The van der Waals surface area contributed by atoms with Gasteiger partial charge in [-0.1, -0.05) is 78.0 Å². The highest BCUT2D eigenvalue weighted by Crippen LogP contribution is 2.29. The summed E-state index contributed by atoms with van der Waals surface area (Å²) in [7, 11) is 0. The first-order valence-corrected chi connectivity index (χ1v) is 12.0. The van der Waals surface area contributed by atoms with Crippen molar-refractivity contribution in [3.8, 4) is 28.3 Å². The Bertz CT molecular complexity index is 1440. The van der Waals surface area contributed by atoms with E-state index < -0.39 is 0 Å². The van der Waals surface area contributed by atoms with Gasteiger partial charge in [-0.3, -0.25) is 14.3 Å². The van der Waals surface area contributed by atoms with Crippen molar-refractivity contribution in [3.63, 3.8) is 0 Å². The van der Waals surface area contributed by atoms with Crippen LogP contribution in [0.2, 0.25) is 0 Å². The van der Waals surface area contributed by atoms with Gasteiger partial charge in [0.2, 0.25) is 5.91 Å². The Hall–Kier alpha value is -4.30. The third-order valence-corrected chi connectivity index (χ3v) is 6.27. The number of hydrogen-bond donors (Lipinski definition) is 1. The van der Waals surface area contributed by atoms with Gasteiger partial charge in [0.1, 0.15) is 5.69 Å². The van der Waals surface area contributed by atoms with E-state index in [-0.39, 0.29) is 11.7 Å². The van der Waals surface area contributed by atoms with E-state index in [1.807, 2.05) is 90.4 Å². The van der Waals surface area contributed by atoms with Crippen LogP contribution < -0.4 is 5.32 Å². The number of thioether (sulfide) groups is 1. The molecule has 0 bridgehead atoms. The van der Waals surface area contributed by atoms with Crippen LogP contribution in [0, 0.1) is 6.92 Å². The van der Waals surface area contributed by atoms with Gasteiger partial charge >= 0.3 is 0 Å². The molecule has 0 atom stereocenters. The van der Waals surface area contributed by atoms with E-state index in [4.69, 9.17) is 0 Å². The summed E-state index contributed by atoms with van der Waals surface area (Å²) < 4.78 is 1.90. The van der Waals surface area contributed by atoms with Gasteiger partial charge in [-0.25, -0.2) is 4.98 Å². The molecular formula is C27H22N6OS. The summed E-state index contributed by atoms with van der Waals surface area (Å²) in [6, 6.07) is 25.8. The number of para-hydroxylation sites is 1. The number of aryl methyl sites for hydroxylation is 1. The maximum atomic E-state index is 12.9. The van der Waals surface area contributed by atoms with Crippen LogP contribution in [0.1, 0.15) is 5.56 Å². The van der Waals surface area contributed by atoms with Gasteiger partial charge < -0.3 is 5.32 Å². The number of hydrogen-bond acceptors (Lipinski definition) is 6. The van der Waals surface area contributed by atoms with Gasteiger partial charge in [0.25, 0.3) is 0 Å². The topological polar surface area (TPSA) is 85.6 Å². The van der Waals surface area contributed by atoms with Gasteiger partial charge in [-0.2, -0.15) is 0 Å². The summed E-state index contributed by atoms with van der Waals surface area (Å²) in [6.45, 7) is 2.03. The number of carbonyl (C=O) groups is 1. The number of nitrogens with zero attached hydrogens (tertiary/aromatic N) is 5. The summed E-state index contributed by atoms with van der Waals surface area (Å²) in [4.78, 5) is 21.5. The molecule has 0 saturated carbocycles. The predicted octanol–water partition coefficient (Wildman–Crippen LogP) is 5.43. The molecule has 0 saturated heterocycles. The van der Waals surface area contributed by atoms with E-state index in [1.165, 1.54) is 11.8 Å². The molecule has 35 heavy (non-hydrogen) atoms. The molecule has 0 aliphatic rings. The lowest BCUT2D eigenvalue weighted by atomic mass is 10.0. The van der Waals surface area contributed by atoms with Crippen LogP contribution in [0.3, 0.4) is 0 Å². The molecule has 7 nitrogen and oxygen atoms in total. The zero-order valence-electron chi connectivity index (χ0n) is 19.0. The Morgan fingerprint density at radius 2 is 1.69 bits per heavy atom. The monoisotopic (exact) mass is 478 g/mol. The number of carbonyl (C=O) groups excluding carboxylic acids is 1. The summed E-state index contributed by atoms with van der Waals surface area (Å²) >= 11 is 1.32. The van der Waals surface area contributed by atoms with E-state index in [0.717, 1.165) is 28.1 Å². The molecule has 172 valence electrons. The van der Waals surface area contributed by atoms with E-state index >= 15 is 0 Å². The third kappa shape index (κ3) is 5.12. The van der Waals surface area contributed by atoms with Crippen LogP contribution in [0.15, 0.2) is 103 Å². The number of rotatable bonds is 7. The van der Waals surface area contributed by atoms with Gasteiger partial charge in [0.05, 0.1) is 11.9 Å². The number of amides is 1. The van der Waals surface area contributed by atoms with Crippen molar-refractivity contribution in [1.29, 1.82) is 0 Å². The van der Waals surface area contributed by atoms with Crippen molar-refractivity contribution in [2.24, 2.45) is 0 Å². The van der Waals surface area contributed by atoms with Crippen LogP contribution in [0.25, 0.3) is 28.3 Å². The average molecular weight is 479 g/mol. The van der Waals surface area contributed by atoms with E-state index in [2.05, 4.69) is 25.5 Å². The zero-order valence-corrected chi connectivity index (χ0v) is 19.8. The number of nitrogens with one attached hydrogen (secondary N) is 1. The van der Waals surface area contributed by atoms with Gasteiger partial charge in [-0.05, 0) is 30.7 Å². The van der Waals surface area contributed by atoms with Crippen LogP contribution in [0.4, 0.5) is 5.69 Å². The van der Waals surface area contributed by atoms with Crippen molar-refractivity contribution in [2.75, 3.05) is 11.1 Å². The lowest BCUT2D eigenvalue weighted by molar-refractivity contribution is -0.113. The summed E-state index contributed by atoms with van der Waals surface area (Å²) in [5.41, 5.74) is 5.42. The lowest BCUT2D eigenvalue weighted by Gasteiger charge is -2.12. The Labute approximate surface area is 207 Å². The highest BCUT2D eigenvalue weighted by Gasteiger charge is 2.18. The lowest BCUT2D eigenvalue weighted by Crippen LogP contribution is -2.15. The first-order valence-electron chi connectivity index (χ1n) is 11.0. The van der Waals surface area contributed by atoms with Gasteiger partial charge in [0, 0.05) is 29.3 Å². The number of aromatic nitrogens is 5. The summed E-state index contributed by atoms with van der Waals surface area (Å²) in [6.07, 6.45) is 4.88. The fourth-order valence-electron chi connectivity index (χ4n) is 3.65. The molecule has 8 heteroatoms. The Balaban J connectivity index is 1.38. The molecule has 2 aromatic heterocycles. The minimum atomic E-state index is -0.127. The first-order chi connectivity index (χ1) is 17.2. The number of benzene rings is 3. The normalized spacial score (nSPS) is 10.8. The van der Waals surface area contributed by atoms with Gasteiger partial charge in [-0.15, -0.1) is 10.2 Å². The summed E-state index contributed by atoms with van der Waals surface area (Å²) in [5, 5.41) is 12.4. The molecule has 1 N–H and O–H groups in total. The molecule has 5 rings (SSSR count). The summed E-state index contributed by atoms with van der Waals surface area (Å²) in [5.74, 6) is 0.616. The second kappa shape index (κ2) is 10.3. The standard InChI is InChI=1S/C27H22N6OS/c1-19-11-13-21(14-12-19)33-26(24-17-28-15-16-29-24)31-32-27(33)35-18-25(34)30-23-10-6-5-9-22(23)20-7-3-2-4-8-20/h2-17H,18H2,1H3,(H,30,34). The maximum absolute atomic E-state index is 12.9. The molecule has 3 aromatic carbocycles. The number of anilines is 1. The zero-order chi connectivity index (χ0) is 24.0. The maximum Gasteiger partial charge on any atom is 0.234 e. The Morgan fingerprint density at radius 1 is 0.914 bits per heavy atom. The highest BCUT2D eigenvalue weighted by atomic mass is 32.2. The van der Waals surface area contributed by atoms with E-state index in [0.29, 0.717) is 16.7 Å². The molecule has 0 spiro atoms. The Kier molecular flexibility index (Phi) is 6.63. The molecule has 0 fully saturated rings. The van der Waals surface area contributed by atoms with Crippen LogP contribution in [-0.4, -0.2) is 36.4 Å². The van der Waals surface area contributed by atoms with E-state index in [9.17, 15) is 4.79 Å². The third-order valence-electron chi connectivity index (χ3n) is 5.34. The quantitative estimate of drug-likeness (QED) is 0.314. The molecule has 0 aliphatic carbocycles. The second-order valence-corrected chi connectivity index (χ2v) is 8.76. The van der Waals surface area contributed by atoms with Crippen LogP contribution in [-0.2, 0) is 4.79 Å². The smallest absolute Gasteiger partial charge is 0.234 e. The molecule has 1 amide bonds. The van der Waals surface area contributed by atoms with Crippen molar-refractivity contribution in [2.45, 2.75) is 12.1 Å². The van der Waals surface area contributed by atoms with E-state index in [1.54, 1.807) is 18.6 Å². The Morgan fingerprint density at radius 3 is 2.46 bits per heavy atom. The molecular weight excluding hydrogens is 456 g/mol. The molecule has 5 aromatic rings. The van der Waals surface area contributed by atoms with Gasteiger partial charge in [0.15, 0.2) is 11.0 Å². The SMILES string of the molecule is Cc1ccc(-n2c(SCC(=O)Nc3ccccc3-c3ccccc3)nnc2-c2cnccn2)cc1. The van der Waals surface area contributed by atoms with Crippen molar-refractivity contribution in [3.05, 3.63) is 103 Å². The van der Waals surface area contributed by atoms with Crippen LogP contribution >= 0.6 is 11.8 Å². The molecule has 0 aliphatic heterocycles. The minimum absolute atomic E-state index is 0.127. The fourth-order valence-corrected chi connectivity index (χ4v) is 4.40. The molecule has 0 unspecified atom stereocenters. The van der Waals surface area contributed by atoms with Crippen molar-refractivity contribution in [1.82, 2.24) is 24.7 Å². The molecule has 2 heterocycles. The average Bonchev–Trinajstić information content (AvgIpc) is 3.33. The first kappa shape index (κ1) is 22.5.